The Hall–Kier alpha value is -1.76. The van der Waals surface area contributed by atoms with E-state index in [9.17, 15) is 18.8 Å². The lowest BCUT2D eigenvalue weighted by Gasteiger charge is -2.16. The van der Waals surface area contributed by atoms with Gasteiger partial charge in [0.15, 0.2) is 5.78 Å². The van der Waals surface area contributed by atoms with Crippen molar-refractivity contribution in [2.24, 2.45) is 5.92 Å². The molecule has 3 rings (SSSR count). The summed E-state index contributed by atoms with van der Waals surface area (Å²) in [7, 11) is 0. The lowest BCUT2D eigenvalue weighted by atomic mass is 10.0. The van der Waals surface area contributed by atoms with Crippen LogP contribution in [0.4, 0.5) is 4.39 Å². The standard InChI is InChI=1S/C15H19FN2O4/c16-11-8-17(13-6-3-7-22-13)15(21)18(14(11)20)9-12(19)10-4-1-2-5-10/h8,10,13H,1-7,9H2. The lowest BCUT2D eigenvalue weighted by Crippen LogP contribution is -2.44. The molecule has 1 saturated carbocycles. The molecule has 0 aromatic carbocycles. The minimum Gasteiger partial charge on any atom is -0.358 e. The Bertz CT molecular complexity index is 682. The van der Waals surface area contributed by atoms with Crippen molar-refractivity contribution >= 4 is 5.78 Å². The molecular formula is C15H19FN2O4. The molecule has 2 aliphatic rings. The first-order valence-electron chi connectivity index (χ1n) is 7.73. The van der Waals surface area contributed by atoms with Crippen LogP contribution in [0.15, 0.2) is 15.8 Å². The molecule has 7 heteroatoms. The summed E-state index contributed by atoms with van der Waals surface area (Å²) in [4.78, 5) is 36.5. The van der Waals surface area contributed by atoms with Crippen LogP contribution in [0.25, 0.3) is 0 Å². The molecule has 0 spiro atoms. The van der Waals surface area contributed by atoms with E-state index >= 15 is 0 Å². The number of ether oxygens (including phenoxy) is 1. The number of hydrogen-bond donors (Lipinski definition) is 0. The van der Waals surface area contributed by atoms with E-state index in [-0.39, 0.29) is 18.2 Å². The van der Waals surface area contributed by atoms with Gasteiger partial charge in [0, 0.05) is 12.5 Å². The molecule has 1 aliphatic carbocycles. The molecule has 120 valence electrons. The van der Waals surface area contributed by atoms with Crippen molar-refractivity contribution in [3.63, 3.8) is 0 Å². The van der Waals surface area contributed by atoms with Crippen molar-refractivity contribution in [1.82, 2.24) is 9.13 Å². The molecule has 1 saturated heterocycles. The van der Waals surface area contributed by atoms with Crippen molar-refractivity contribution in [3.05, 3.63) is 32.9 Å². The number of rotatable bonds is 4. The zero-order chi connectivity index (χ0) is 15.7. The van der Waals surface area contributed by atoms with Crippen molar-refractivity contribution in [2.75, 3.05) is 6.61 Å². The maximum absolute atomic E-state index is 13.8. The number of ketones is 1. The number of carbonyl (C=O) groups excluding carboxylic acids is 1. The monoisotopic (exact) mass is 310 g/mol. The molecule has 1 unspecified atom stereocenters. The van der Waals surface area contributed by atoms with E-state index < -0.39 is 23.3 Å². The summed E-state index contributed by atoms with van der Waals surface area (Å²) in [6.07, 6.45) is 5.22. The van der Waals surface area contributed by atoms with Crippen LogP contribution >= 0.6 is 0 Å². The molecule has 0 radical (unpaired) electrons. The second kappa shape index (κ2) is 6.16. The third kappa shape index (κ3) is 2.77. The largest absolute Gasteiger partial charge is 0.358 e. The van der Waals surface area contributed by atoms with Crippen LogP contribution in [0, 0.1) is 11.7 Å². The van der Waals surface area contributed by atoms with Gasteiger partial charge in [-0.2, -0.15) is 4.39 Å². The van der Waals surface area contributed by atoms with Gasteiger partial charge in [-0.05, 0) is 25.7 Å². The SMILES string of the molecule is O=C(Cn1c(=O)c(F)cn(C2CCCO2)c1=O)C1CCCC1. The highest BCUT2D eigenvalue weighted by Crippen LogP contribution is 2.25. The van der Waals surface area contributed by atoms with Crippen LogP contribution in [-0.4, -0.2) is 21.5 Å². The number of carbonyl (C=O) groups is 1. The molecule has 1 aliphatic heterocycles. The van der Waals surface area contributed by atoms with Crippen LogP contribution < -0.4 is 11.2 Å². The molecule has 2 heterocycles. The Morgan fingerprint density at radius 2 is 1.95 bits per heavy atom. The summed E-state index contributed by atoms with van der Waals surface area (Å²) >= 11 is 0. The van der Waals surface area contributed by atoms with Gasteiger partial charge >= 0.3 is 5.69 Å². The highest BCUT2D eigenvalue weighted by atomic mass is 19.1. The number of aromatic nitrogens is 2. The maximum atomic E-state index is 13.8. The summed E-state index contributed by atoms with van der Waals surface area (Å²) in [5.74, 6) is -1.32. The van der Waals surface area contributed by atoms with E-state index in [1.54, 1.807) is 0 Å². The van der Waals surface area contributed by atoms with Crippen molar-refractivity contribution in [2.45, 2.75) is 51.3 Å². The lowest BCUT2D eigenvalue weighted by molar-refractivity contribution is -0.123. The third-order valence-electron chi connectivity index (χ3n) is 4.49. The molecular weight excluding hydrogens is 291 g/mol. The van der Waals surface area contributed by atoms with Crippen LogP contribution in [0.5, 0.6) is 0 Å². The first-order valence-corrected chi connectivity index (χ1v) is 7.73. The third-order valence-corrected chi connectivity index (χ3v) is 4.49. The fraction of sp³-hybridized carbons (Fsp3) is 0.667. The van der Waals surface area contributed by atoms with E-state index in [1.165, 1.54) is 0 Å². The number of hydrogen-bond acceptors (Lipinski definition) is 4. The topological polar surface area (TPSA) is 70.3 Å². The number of Topliss-reactive ketones (excluding diaryl/α,β-unsaturated/α-hetero) is 1. The number of halogens is 1. The fourth-order valence-corrected chi connectivity index (χ4v) is 3.25. The fourth-order valence-electron chi connectivity index (χ4n) is 3.25. The van der Waals surface area contributed by atoms with Gasteiger partial charge in [-0.3, -0.25) is 18.7 Å². The summed E-state index contributed by atoms with van der Waals surface area (Å²) in [5, 5.41) is 0. The minimum atomic E-state index is -1.04. The van der Waals surface area contributed by atoms with Crippen molar-refractivity contribution in [1.29, 1.82) is 0 Å². The predicted molar refractivity (Wildman–Crippen MR) is 76.1 cm³/mol. The smallest absolute Gasteiger partial charge is 0.333 e. The summed E-state index contributed by atoms with van der Waals surface area (Å²) in [6, 6.07) is 0. The van der Waals surface area contributed by atoms with E-state index in [1.807, 2.05) is 0 Å². The average molecular weight is 310 g/mol. The van der Waals surface area contributed by atoms with Gasteiger partial charge in [-0.1, -0.05) is 12.8 Å². The zero-order valence-corrected chi connectivity index (χ0v) is 12.3. The van der Waals surface area contributed by atoms with Gasteiger partial charge in [-0.15, -0.1) is 0 Å². The van der Waals surface area contributed by atoms with Gasteiger partial charge in [-0.25, -0.2) is 4.79 Å². The Morgan fingerprint density at radius 3 is 2.59 bits per heavy atom. The van der Waals surface area contributed by atoms with Gasteiger partial charge in [0.1, 0.15) is 6.23 Å². The van der Waals surface area contributed by atoms with Gasteiger partial charge in [0.25, 0.3) is 5.56 Å². The zero-order valence-electron chi connectivity index (χ0n) is 12.3. The summed E-state index contributed by atoms with van der Waals surface area (Å²) < 4.78 is 21.0. The van der Waals surface area contributed by atoms with E-state index in [2.05, 4.69) is 0 Å². The molecule has 1 aromatic rings. The van der Waals surface area contributed by atoms with Crippen molar-refractivity contribution < 1.29 is 13.9 Å². The Labute approximate surface area is 126 Å². The maximum Gasteiger partial charge on any atom is 0.333 e. The second-order valence-corrected chi connectivity index (χ2v) is 5.97. The first-order chi connectivity index (χ1) is 10.6. The second-order valence-electron chi connectivity index (χ2n) is 5.97. The van der Waals surface area contributed by atoms with Crippen LogP contribution in [0.1, 0.15) is 44.8 Å². The quantitative estimate of drug-likeness (QED) is 0.838. The Balaban J connectivity index is 1.93. The normalized spacial score (nSPS) is 22.3. The van der Waals surface area contributed by atoms with E-state index in [0.717, 1.165) is 42.9 Å². The number of nitrogens with zero attached hydrogens (tertiary/aromatic N) is 2. The molecule has 22 heavy (non-hydrogen) atoms. The molecule has 0 bridgehead atoms. The van der Waals surface area contributed by atoms with Crippen LogP contribution in [0.2, 0.25) is 0 Å². The molecule has 0 N–H and O–H groups in total. The minimum absolute atomic E-state index is 0.120. The molecule has 1 atom stereocenters. The van der Waals surface area contributed by atoms with Gasteiger partial charge < -0.3 is 4.74 Å². The van der Waals surface area contributed by atoms with Gasteiger partial charge in [0.05, 0.1) is 12.7 Å². The Kier molecular flexibility index (Phi) is 4.24. The summed E-state index contributed by atoms with van der Waals surface area (Å²) in [6.45, 7) is 0.145. The van der Waals surface area contributed by atoms with Crippen LogP contribution in [0.3, 0.4) is 0 Å². The molecule has 0 amide bonds. The highest BCUT2D eigenvalue weighted by Gasteiger charge is 2.26. The average Bonchev–Trinajstić information content (AvgIpc) is 3.19. The Morgan fingerprint density at radius 1 is 1.23 bits per heavy atom. The van der Waals surface area contributed by atoms with Crippen LogP contribution in [-0.2, 0) is 16.1 Å². The predicted octanol–water partition coefficient (Wildman–Crippen LogP) is 1.22. The highest BCUT2D eigenvalue weighted by molar-refractivity contribution is 5.81. The van der Waals surface area contributed by atoms with E-state index in [0.29, 0.717) is 17.6 Å². The molecule has 1 aromatic heterocycles. The van der Waals surface area contributed by atoms with Crippen molar-refractivity contribution in [3.8, 4) is 0 Å². The summed E-state index contributed by atoms with van der Waals surface area (Å²) in [5.41, 5.74) is -1.71. The van der Waals surface area contributed by atoms with E-state index in [4.69, 9.17) is 4.74 Å². The molecule has 2 fully saturated rings. The first kappa shape index (κ1) is 15.1. The van der Waals surface area contributed by atoms with Gasteiger partial charge in [0.2, 0.25) is 5.82 Å². The molecule has 6 nitrogen and oxygen atoms in total.